The number of benzene rings is 1. The van der Waals surface area contributed by atoms with Crippen LogP contribution in [-0.4, -0.2) is 28.1 Å². The number of allylic oxidation sites excluding steroid dienone is 2. The van der Waals surface area contributed by atoms with Gasteiger partial charge in [-0.2, -0.15) is 4.99 Å². The van der Waals surface area contributed by atoms with E-state index < -0.39 is 5.54 Å². The van der Waals surface area contributed by atoms with Crippen LogP contribution in [0.5, 0.6) is 0 Å². The summed E-state index contributed by atoms with van der Waals surface area (Å²) in [5, 5.41) is 2.94. The first-order valence-corrected chi connectivity index (χ1v) is 7.59. The maximum absolute atomic E-state index is 12.7. The van der Waals surface area contributed by atoms with Crippen molar-refractivity contribution in [3.05, 3.63) is 59.8 Å². The Hall–Kier alpha value is -2.69. The summed E-state index contributed by atoms with van der Waals surface area (Å²) in [6.07, 6.45) is 7.23. The lowest BCUT2D eigenvalue weighted by Gasteiger charge is -2.41. The summed E-state index contributed by atoms with van der Waals surface area (Å²) in [5.74, 6) is 0.0553. The van der Waals surface area contributed by atoms with Crippen LogP contribution in [0.25, 0.3) is 0 Å². The number of hydrogen-bond donors (Lipinski definition) is 1. The number of fused-ring (bicyclic) bond motifs is 1. The standard InChI is InChI=1S/C18H19N3O2/c1-13-6-8-14(9-7-13)12-19-17(23)18(2)11-16(22)20-15-5-3-4-10-21(15)18/h3-10H,11-12H2,1-2H3,(H,19,23). The van der Waals surface area contributed by atoms with Crippen LogP contribution in [0.3, 0.4) is 0 Å². The largest absolute Gasteiger partial charge is 0.350 e. The van der Waals surface area contributed by atoms with Gasteiger partial charge in [0.15, 0.2) is 0 Å². The molecule has 2 aliphatic rings. The Bertz CT molecular complexity index is 731. The van der Waals surface area contributed by atoms with E-state index >= 15 is 0 Å². The zero-order chi connectivity index (χ0) is 16.4. The second-order valence-electron chi connectivity index (χ2n) is 6.05. The molecule has 1 aromatic rings. The molecule has 23 heavy (non-hydrogen) atoms. The Labute approximate surface area is 135 Å². The molecule has 1 unspecified atom stereocenters. The molecule has 1 aromatic carbocycles. The Balaban J connectivity index is 1.76. The number of aryl methyl sites for hydroxylation is 1. The lowest BCUT2D eigenvalue weighted by atomic mass is 9.91. The van der Waals surface area contributed by atoms with Gasteiger partial charge < -0.3 is 10.2 Å². The third-order valence-corrected chi connectivity index (χ3v) is 4.17. The van der Waals surface area contributed by atoms with Crippen LogP contribution in [-0.2, 0) is 16.1 Å². The van der Waals surface area contributed by atoms with E-state index in [0.29, 0.717) is 12.4 Å². The third kappa shape index (κ3) is 2.95. The highest BCUT2D eigenvalue weighted by Crippen LogP contribution is 2.28. The van der Waals surface area contributed by atoms with Gasteiger partial charge in [0.25, 0.3) is 5.91 Å². The summed E-state index contributed by atoms with van der Waals surface area (Å²) in [6.45, 7) is 4.23. The van der Waals surface area contributed by atoms with E-state index in [0.717, 1.165) is 5.56 Å². The zero-order valence-corrected chi connectivity index (χ0v) is 13.2. The van der Waals surface area contributed by atoms with Crippen molar-refractivity contribution in [3.8, 4) is 0 Å². The maximum Gasteiger partial charge on any atom is 0.250 e. The van der Waals surface area contributed by atoms with Gasteiger partial charge in [0.1, 0.15) is 11.4 Å². The summed E-state index contributed by atoms with van der Waals surface area (Å²) in [7, 11) is 0. The number of hydrogen-bond acceptors (Lipinski definition) is 3. The second-order valence-corrected chi connectivity index (χ2v) is 6.05. The molecule has 2 heterocycles. The van der Waals surface area contributed by atoms with Crippen LogP contribution in [0.1, 0.15) is 24.5 Å². The van der Waals surface area contributed by atoms with Crippen molar-refractivity contribution in [1.29, 1.82) is 0 Å². The predicted molar refractivity (Wildman–Crippen MR) is 88.6 cm³/mol. The molecule has 1 atom stereocenters. The maximum atomic E-state index is 12.7. The predicted octanol–water partition coefficient (Wildman–Crippen LogP) is 2.08. The lowest BCUT2D eigenvalue weighted by molar-refractivity contribution is -0.134. The van der Waals surface area contributed by atoms with Gasteiger partial charge in [0.05, 0.1) is 6.42 Å². The van der Waals surface area contributed by atoms with E-state index in [-0.39, 0.29) is 18.2 Å². The highest BCUT2D eigenvalue weighted by atomic mass is 16.2. The summed E-state index contributed by atoms with van der Waals surface area (Å²) in [4.78, 5) is 30.4. The minimum atomic E-state index is -0.958. The summed E-state index contributed by atoms with van der Waals surface area (Å²) in [6, 6.07) is 7.99. The SMILES string of the molecule is Cc1ccc(CNC(=O)C2(C)CC(=O)N=C3C=CC=CN32)cc1. The lowest BCUT2D eigenvalue weighted by Crippen LogP contribution is -2.59. The van der Waals surface area contributed by atoms with E-state index in [1.165, 1.54) is 5.56 Å². The second kappa shape index (κ2) is 5.83. The number of amides is 2. The average Bonchev–Trinajstić information content (AvgIpc) is 2.54. The zero-order valence-electron chi connectivity index (χ0n) is 13.2. The Morgan fingerprint density at radius 3 is 2.78 bits per heavy atom. The Morgan fingerprint density at radius 1 is 1.30 bits per heavy atom. The molecule has 1 N–H and O–H groups in total. The summed E-state index contributed by atoms with van der Waals surface area (Å²) < 4.78 is 0. The minimum absolute atomic E-state index is 0.0639. The average molecular weight is 309 g/mol. The van der Waals surface area contributed by atoms with E-state index in [1.54, 1.807) is 30.2 Å². The molecule has 0 fully saturated rings. The van der Waals surface area contributed by atoms with Crippen molar-refractivity contribution in [2.75, 3.05) is 0 Å². The van der Waals surface area contributed by atoms with Crippen molar-refractivity contribution < 1.29 is 9.59 Å². The number of rotatable bonds is 3. The Kier molecular flexibility index (Phi) is 3.86. The number of nitrogens with one attached hydrogen (secondary N) is 1. The molecule has 0 aromatic heterocycles. The summed E-state index contributed by atoms with van der Waals surface area (Å²) >= 11 is 0. The van der Waals surface area contributed by atoms with Crippen molar-refractivity contribution in [3.63, 3.8) is 0 Å². The normalized spacial score (nSPS) is 22.6. The molecular weight excluding hydrogens is 290 g/mol. The van der Waals surface area contributed by atoms with Gasteiger partial charge in [-0.15, -0.1) is 0 Å². The monoisotopic (exact) mass is 309 g/mol. The first kappa shape index (κ1) is 15.2. The first-order valence-electron chi connectivity index (χ1n) is 7.59. The van der Waals surface area contributed by atoms with E-state index in [2.05, 4.69) is 10.3 Å². The van der Waals surface area contributed by atoms with Gasteiger partial charge in [-0.3, -0.25) is 9.59 Å². The summed E-state index contributed by atoms with van der Waals surface area (Å²) in [5.41, 5.74) is 1.24. The smallest absolute Gasteiger partial charge is 0.250 e. The Morgan fingerprint density at radius 2 is 2.04 bits per heavy atom. The van der Waals surface area contributed by atoms with Gasteiger partial charge in [-0.1, -0.05) is 35.9 Å². The topological polar surface area (TPSA) is 61.8 Å². The van der Waals surface area contributed by atoms with Crippen LogP contribution >= 0.6 is 0 Å². The molecule has 5 heteroatoms. The van der Waals surface area contributed by atoms with Crippen LogP contribution in [0.2, 0.25) is 0 Å². The number of nitrogens with zero attached hydrogens (tertiary/aromatic N) is 2. The van der Waals surface area contributed by atoms with Crippen molar-refractivity contribution in [1.82, 2.24) is 10.2 Å². The quantitative estimate of drug-likeness (QED) is 0.930. The number of carbonyl (C=O) groups is 2. The molecule has 2 aliphatic heterocycles. The van der Waals surface area contributed by atoms with Gasteiger partial charge in [-0.25, -0.2) is 0 Å². The molecule has 0 radical (unpaired) electrons. The molecule has 0 bridgehead atoms. The van der Waals surface area contributed by atoms with Gasteiger partial charge >= 0.3 is 0 Å². The number of aliphatic imine (C=N–C) groups is 1. The third-order valence-electron chi connectivity index (χ3n) is 4.17. The van der Waals surface area contributed by atoms with E-state index in [9.17, 15) is 9.59 Å². The fraction of sp³-hybridized carbons (Fsp3) is 0.278. The molecule has 3 rings (SSSR count). The number of amidine groups is 1. The highest BCUT2D eigenvalue weighted by Gasteiger charge is 2.44. The molecule has 118 valence electrons. The first-order chi connectivity index (χ1) is 11.0. The number of carbonyl (C=O) groups excluding carboxylic acids is 2. The molecule has 0 saturated heterocycles. The molecule has 5 nitrogen and oxygen atoms in total. The van der Waals surface area contributed by atoms with Gasteiger partial charge in [0, 0.05) is 12.7 Å². The van der Waals surface area contributed by atoms with Crippen molar-refractivity contribution in [2.24, 2.45) is 4.99 Å². The van der Waals surface area contributed by atoms with Crippen molar-refractivity contribution >= 4 is 17.6 Å². The van der Waals surface area contributed by atoms with E-state index in [1.807, 2.05) is 37.3 Å². The van der Waals surface area contributed by atoms with Crippen molar-refractivity contribution in [2.45, 2.75) is 32.4 Å². The van der Waals surface area contributed by atoms with Crippen LogP contribution in [0.4, 0.5) is 0 Å². The fourth-order valence-corrected chi connectivity index (χ4v) is 2.76. The van der Waals surface area contributed by atoms with Crippen LogP contribution < -0.4 is 5.32 Å². The molecule has 0 saturated carbocycles. The minimum Gasteiger partial charge on any atom is -0.350 e. The molecule has 0 aliphatic carbocycles. The molecular formula is C18H19N3O2. The van der Waals surface area contributed by atoms with Gasteiger partial charge in [-0.05, 0) is 31.6 Å². The van der Waals surface area contributed by atoms with Gasteiger partial charge in [0.2, 0.25) is 5.91 Å². The molecule has 2 amide bonds. The van der Waals surface area contributed by atoms with Crippen LogP contribution in [0, 0.1) is 6.92 Å². The van der Waals surface area contributed by atoms with E-state index in [4.69, 9.17) is 0 Å². The molecule has 0 spiro atoms. The highest BCUT2D eigenvalue weighted by molar-refractivity contribution is 6.09. The fourth-order valence-electron chi connectivity index (χ4n) is 2.76. The van der Waals surface area contributed by atoms with Crippen LogP contribution in [0.15, 0.2) is 53.7 Å².